The summed E-state index contributed by atoms with van der Waals surface area (Å²) in [5.41, 5.74) is 0.988. The van der Waals surface area contributed by atoms with Crippen molar-refractivity contribution >= 4 is 33.6 Å². The molecule has 2 saturated heterocycles. The first-order valence-corrected chi connectivity index (χ1v) is 12.8. The van der Waals surface area contributed by atoms with Gasteiger partial charge in [0.15, 0.2) is 0 Å². The number of nitrogens with one attached hydrogen (secondary N) is 1. The number of carbonyl (C=O) groups excluding carboxylic acids is 2. The molecule has 1 atom stereocenters. The summed E-state index contributed by atoms with van der Waals surface area (Å²) in [6.45, 7) is 1.55. The van der Waals surface area contributed by atoms with Crippen LogP contribution in [0.4, 0.5) is 4.79 Å². The first-order valence-electron chi connectivity index (χ1n) is 11.0. The fraction of sp³-hybridized carbons (Fsp3) is 0.391. The Balaban J connectivity index is 1.27. The summed E-state index contributed by atoms with van der Waals surface area (Å²) in [6.07, 6.45) is 2.31. The third-order valence-electron chi connectivity index (χ3n) is 6.77. The lowest BCUT2D eigenvalue weighted by molar-refractivity contribution is -0.133. The smallest absolute Gasteiger partial charge is 0.319 e. The number of urea groups is 1. The second-order valence-electron chi connectivity index (χ2n) is 8.70. The van der Waals surface area contributed by atoms with Crippen LogP contribution in [-0.2, 0) is 26.8 Å². The normalized spacial score (nSPS) is 24.2. The molecule has 0 saturated carbocycles. The fourth-order valence-electron chi connectivity index (χ4n) is 5.01. The summed E-state index contributed by atoms with van der Waals surface area (Å²) in [4.78, 5) is 29.7. The Morgan fingerprint density at radius 2 is 1.67 bits per heavy atom. The predicted molar refractivity (Wildman–Crippen MR) is 123 cm³/mol. The molecule has 2 aromatic carbocycles. The van der Waals surface area contributed by atoms with Gasteiger partial charge in [0.2, 0.25) is 10.0 Å². The zero-order valence-corrected chi connectivity index (χ0v) is 19.6. The molecule has 1 spiro atoms. The van der Waals surface area contributed by atoms with Crippen molar-refractivity contribution in [3.8, 4) is 0 Å². The van der Waals surface area contributed by atoms with Crippen LogP contribution in [0, 0.1) is 0 Å². The zero-order valence-electron chi connectivity index (χ0n) is 18.0. The molecule has 5 rings (SSSR count). The number of amides is 3. The number of rotatable bonds is 4. The summed E-state index contributed by atoms with van der Waals surface area (Å²) < 4.78 is 27.2. The van der Waals surface area contributed by atoms with E-state index in [1.807, 2.05) is 29.2 Å². The summed E-state index contributed by atoms with van der Waals surface area (Å²) in [5.74, 6) is -0.226. The number of halogens is 1. The summed E-state index contributed by atoms with van der Waals surface area (Å²) in [7, 11) is -3.62. The van der Waals surface area contributed by atoms with Crippen LogP contribution in [0.25, 0.3) is 0 Å². The van der Waals surface area contributed by atoms with Gasteiger partial charge in [-0.15, -0.1) is 0 Å². The second kappa shape index (κ2) is 8.39. The van der Waals surface area contributed by atoms with E-state index in [1.54, 1.807) is 12.1 Å². The standard InChI is InChI=1S/C23H25ClN4O4S/c24-18-7-9-19(10-8-18)33(31,32)27-14-12-26(13-15-27)16-28-21(29)23(25-22(28)30)11-3-5-17-4-1-2-6-20(17)23/h1-2,4,6-10H,3,5,11-16H2,(H,25,30)/t23-/m1/s1. The lowest BCUT2D eigenvalue weighted by Crippen LogP contribution is -2.53. The van der Waals surface area contributed by atoms with Crippen LogP contribution in [-0.4, -0.2) is 67.3 Å². The highest BCUT2D eigenvalue weighted by atomic mass is 35.5. The maximum atomic E-state index is 13.5. The Hall–Kier alpha value is -2.46. The van der Waals surface area contributed by atoms with Crippen molar-refractivity contribution in [2.24, 2.45) is 0 Å². The van der Waals surface area contributed by atoms with E-state index >= 15 is 0 Å². The van der Waals surface area contributed by atoms with Gasteiger partial charge in [-0.3, -0.25) is 9.69 Å². The van der Waals surface area contributed by atoms with Gasteiger partial charge in [-0.2, -0.15) is 4.31 Å². The molecule has 2 aromatic rings. The number of hydrogen-bond acceptors (Lipinski definition) is 5. The second-order valence-corrected chi connectivity index (χ2v) is 11.1. The van der Waals surface area contributed by atoms with Crippen molar-refractivity contribution in [3.05, 3.63) is 64.7 Å². The molecule has 3 aliphatic rings. The molecule has 1 N–H and O–H groups in total. The molecule has 174 valence electrons. The van der Waals surface area contributed by atoms with Gasteiger partial charge in [0, 0.05) is 31.2 Å². The highest BCUT2D eigenvalue weighted by molar-refractivity contribution is 7.89. The Morgan fingerprint density at radius 1 is 0.970 bits per heavy atom. The molecular weight excluding hydrogens is 464 g/mol. The molecule has 3 amide bonds. The van der Waals surface area contributed by atoms with Crippen molar-refractivity contribution in [2.45, 2.75) is 29.7 Å². The highest BCUT2D eigenvalue weighted by Gasteiger charge is 2.54. The minimum absolute atomic E-state index is 0.142. The average Bonchev–Trinajstić information content (AvgIpc) is 3.05. The van der Waals surface area contributed by atoms with Crippen LogP contribution in [0.5, 0.6) is 0 Å². The van der Waals surface area contributed by atoms with Crippen LogP contribution in [0.3, 0.4) is 0 Å². The van der Waals surface area contributed by atoms with Crippen LogP contribution in [0.1, 0.15) is 24.0 Å². The van der Waals surface area contributed by atoms with Gasteiger partial charge in [-0.25, -0.2) is 18.1 Å². The first-order chi connectivity index (χ1) is 15.8. The molecule has 33 heavy (non-hydrogen) atoms. The van der Waals surface area contributed by atoms with Gasteiger partial charge in [0.1, 0.15) is 5.54 Å². The van der Waals surface area contributed by atoms with Gasteiger partial charge in [0.25, 0.3) is 5.91 Å². The number of nitrogens with zero attached hydrogens (tertiary/aromatic N) is 3. The van der Waals surface area contributed by atoms with Crippen molar-refractivity contribution in [1.82, 2.24) is 19.4 Å². The quantitative estimate of drug-likeness (QED) is 0.667. The predicted octanol–water partition coefficient (Wildman–Crippen LogP) is 2.39. The van der Waals surface area contributed by atoms with Crippen molar-refractivity contribution in [3.63, 3.8) is 0 Å². The van der Waals surface area contributed by atoms with Crippen LogP contribution < -0.4 is 5.32 Å². The van der Waals surface area contributed by atoms with E-state index in [4.69, 9.17) is 11.6 Å². The maximum absolute atomic E-state index is 13.5. The Kier molecular flexibility index (Phi) is 5.68. The molecule has 2 heterocycles. The lowest BCUT2D eigenvalue weighted by Gasteiger charge is -2.36. The lowest BCUT2D eigenvalue weighted by atomic mass is 9.76. The third-order valence-corrected chi connectivity index (χ3v) is 8.94. The molecule has 0 bridgehead atoms. The number of hydrogen-bond donors (Lipinski definition) is 1. The number of carbonyl (C=O) groups is 2. The Morgan fingerprint density at radius 3 is 2.39 bits per heavy atom. The Bertz CT molecular complexity index is 1200. The zero-order chi connectivity index (χ0) is 23.2. The van der Waals surface area contributed by atoms with Gasteiger partial charge in [-0.1, -0.05) is 35.9 Å². The number of piperazine rings is 1. The van der Waals surface area contributed by atoms with Crippen molar-refractivity contribution in [2.75, 3.05) is 32.8 Å². The summed E-state index contributed by atoms with van der Waals surface area (Å²) in [5, 5.41) is 3.45. The molecule has 0 unspecified atom stereocenters. The van der Waals surface area contributed by atoms with E-state index in [-0.39, 0.29) is 30.6 Å². The molecule has 8 nitrogen and oxygen atoms in total. The molecule has 10 heteroatoms. The van der Waals surface area contributed by atoms with E-state index in [9.17, 15) is 18.0 Å². The Labute approximate surface area is 198 Å². The monoisotopic (exact) mass is 488 g/mol. The minimum Gasteiger partial charge on any atom is -0.319 e. The molecule has 1 aliphatic carbocycles. The van der Waals surface area contributed by atoms with Gasteiger partial charge >= 0.3 is 6.03 Å². The molecule has 0 aromatic heterocycles. The first kappa shape index (κ1) is 22.3. The molecular formula is C23H25ClN4O4S. The third kappa shape index (κ3) is 3.82. The number of sulfonamides is 1. The minimum atomic E-state index is -3.62. The van der Waals surface area contributed by atoms with E-state index in [2.05, 4.69) is 5.32 Å². The number of aryl methyl sites for hydroxylation is 1. The van der Waals surface area contributed by atoms with Crippen LogP contribution >= 0.6 is 11.6 Å². The van der Waals surface area contributed by atoms with Gasteiger partial charge in [-0.05, 0) is 54.7 Å². The molecule has 0 radical (unpaired) electrons. The fourth-order valence-corrected chi connectivity index (χ4v) is 6.55. The highest BCUT2D eigenvalue weighted by Crippen LogP contribution is 2.40. The van der Waals surface area contributed by atoms with E-state index in [0.717, 1.165) is 24.0 Å². The van der Waals surface area contributed by atoms with Gasteiger partial charge < -0.3 is 5.32 Å². The summed E-state index contributed by atoms with van der Waals surface area (Å²) in [6, 6.07) is 13.5. The SMILES string of the molecule is O=C1N[C@@]2(CCCc3ccccc32)C(=O)N1CN1CCN(S(=O)(=O)c2ccc(Cl)cc2)CC1. The van der Waals surface area contributed by atoms with Crippen molar-refractivity contribution in [1.29, 1.82) is 0 Å². The number of imide groups is 1. The van der Waals surface area contributed by atoms with Crippen LogP contribution in [0.2, 0.25) is 5.02 Å². The van der Waals surface area contributed by atoms with E-state index < -0.39 is 21.6 Å². The van der Waals surface area contributed by atoms with E-state index in [0.29, 0.717) is 24.5 Å². The maximum Gasteiger partial charge on any atom is 0.326 e. The number of benzene rings is 2. The topological polar surface area (TPSA) is 90.0 Å². The van der Waals surface area contributed by atoms with Crippen LogP contribution in [0.15, 0.2) is 53.4 Å². The average molecular weight is 489 g/mol. The number of fused-ring (bicyclic) bond motifs is 2. The van der Waals surface area contributed by atoms with Gasteiger partial charge in [0.05, 0.1) is 11.6 Å². The molecule has 2 fully saturated rings. The largest absolute Gasteiger partial charge is 0.326 e. The van der Waals surface area contributed by atoms with Crippen molar-refractivity contribution < 1.29 is 18.0 Å². The summed E-state index contributed by atoms with van der Waals surface area (Å²) >= 11 is 5.87. The van der Waals surface area contributed by atoms with E-state index in [1.165, 1.54) is 21.3 Å². The molecule has 2 aliphatic heterocycles.